The van der Waals surface area contributed by atoms with Crippen LogP contribution in [0.4, 0.5) is 0 Å². The van der Waals surface area contributed by atoms with Crippen LogP contribution >= 0.6 is 0 Å². The predicted molar refractivity (Wildman–Crippen MR) is 284 cm³/mol. The Bertz CT molecular complexity index is 1200. The highest BCUT2D eigenvalue weighted by molar-refractivity contribution is 5.71. The van der Waals surface area contributed by atoms with Crippen LogP contribution in [0.3, 0.4) is 0 Å². The third-order valence-corrected chi connectivity index (χ3v) is 12.3. The summed E-state index contributed by atoms with van der Waals surface area (Å²) in [6.07, 6.45) is 68.0. The van der Waals surface area contributed by atoms with E-state index in [9.17, 15) is 14.4 Å². The lowest BCUT2D eigenvalue weighted by atomic mass is 10.1. The van der Waals surface area contributed by atoms with E-state index in [2.05, 4.69) is 75.5 Å². The van der Waals surface area contributed by atoms with Crippen molar-refractivity contribution in [3.8, 4) is 0 Å². The number of allylic oxidation sites excluding steroid dienone is 10. The molecule has 6 heteroatoms. The number of unbranched alkanes of at least 4 members (excludes halogenated alkanes) is 31. The van der Waals surface area contributed by atoms with Crippen LogP contribution in [0.1, 0.15) is 284 Å². The monoisotopic (exact) mass is 923 g/mol. The Morgan fingerprint density at radius 3 is 1.05 bits per heavy atom. The molecule has 0 aromatic carbocycles. The van der Waals surface area contributed by atoms with Crippen LogP contribution in [-0.2, 0) is 28.6 Å². The lowest BCUT2D eigenvalue weighted by molar-refractivity contribution is -0.166. The zero-order valence-corrected chi connectivity index (χ0v) is 43.7. The summed E-state index contributed by atoms with van der Waals surface area (Å²) in [6.45, 7) is 6.57. The van der Waals surface area contributed by atoms with Crippen molar-refractivity contribution in [2.45, 2.75) is 290 Å². The number of rotatable bonds is 51. The van der Waals surface area contributed by atoms with Crippen LogP contribution in [0.2, 0.25) is 0 Å². The molecule has 66 heavy (non-hydrogen) atoms. The summed E-state index contributed by atoms with van der Waals surface area (Å²) < 4.78 is 16.8. The summed E-state index contributed by atoms with van der Waals surface area (Å²) in [7, 11) is 0. The molecule has 0 aromatic heterocycles. The van der Waals surface area contributed by atoms with Gasteiger partial charge in [0.05, 0.1) is 0 Å². The minimum atomic E-state index is -0.812. The second kappa shape index (κ2) is 54.7. The van der Waals surface area contributed by atoms with Gasteiger partial charge >= 0.3 is 17.9 Å². The fourth-order valence-electron chi connectivity index (χ4n) is 7.95. The van der Waals surface area contributed by atoms with E-state index in [1.165, 1.54) is 173 Å². The first-order valence-corrected chi connectivity index (χ1v) is 28.3. The Hall–Kier alpha value is -2.89. The van der Waals surface area contributed by atoms with Gasteiger partial charge in [-0.05, 0) is 89.9 Å². The topological polar surface area (TPSA) is 78.9 Å². The Morgan fingerprint density at radius 2 is 0.621 bits per heavy atom. The molecular weight excluding hydrogens is 817 g/mol. The van der Waals surface area contributed by atoms with Gasteiger partial charge in [0.2, 0.25) is 0 Å². The minimum absolute atomic E-state index is 0.103. The van der Waals surface area contributed by atoms with Crippen LogP contribution in [0.25, 0.3) is 0 Å². The fourth-order valence-corrected chi connectivity index (χ4v) is 7.95. The first-order chi connectivity index (χ1) is 32.5. The number of ether oxygens (including phenoxy) is 3. The largest absolute Gasteiger partial charge is 0.462 e. The normalized spacial score (nSPS) is 12.5. The van der Waals surface area contributed by atoms with Gasteiger partial charge in [-0.1, -0.05) is 236 Å². The Kier molecular flexibility index (Phi) is 52.3. The summed E-state index contributed by atoms with van der Waals surface area (Å²) in [6, 6.07) is 0. The zero-order chi connectivity index (χ0) is 47.9. The summed E-state index contributed by atoms with van der Waals surface area (Å²) in [5.74, 6) is -0.997. The molecule has 6 nitrogen and oxygen atoms in total. The molecule has 0 aliphatic heterocycles. The van der Waals surface area contributed by atoms with Crippen molar-refractivity contribution in [2.75, 3.05) is 13.2 Å². The van der Waals surface area contributed by atoms with Gasteiger partial charge in [0, 0.05) is 19.3 Å². The van der Waals surface area contributed by atoms with Gasteiger partial charge in [0.25, 0.3) is 0 Å². The van der Waals surface area contributed by atoms with Gasteiger partial charge in [-0.25, -0.2) is 0 Å². The smallest absolute Gasteiger partial charge is 0.306 e. The van der Waals surface area contributed by atoms with Crippen LogP contribution in [0.5, 0.6) is 0 Å². The standard InChI is InChI=1S/C60H106O6/c1-4-7-10-13-16-19-22-25-27-29-30-31-33-35-38-41-44-47-50-53-59(62)65-56-57(55-64-58(61)52-49-46-43-40-37-34-24-21-18-15-12-9-6-3)66-60(63)54-51-48-45-42-39-36-32-28-26-23-20-17-14-11-8-5-2/h28-30,32,34,36-37,39,43,46,57H,4-27,31,33,35,38,40-42,44-45,47-56H2,1-3H3/b30-29-,32-28-,37-34-,39-36-,46-43-. The van der Waals surface area contributed by atoms with Crippen molar-refractivity contribution < 1.29 is 28.6 Å². The van der Waals surface area contributed by atoms with Gasteiger partial charge in [-0.15, -0.1) is 0 Å². The maximum absolute atomic E-state index is 12.8. The van der Waals surface area contributed by atoms with Crippen molar-refractivity contribution >= 4 is 17.9 Å². The van der Waals surface area contributed by atoms with Crippen molar-refractivity contribution in [2.24, 2.45) is 0 Å². The van der Waals surface area contributed by atoms with E-state index in [1.54, 1.807) is 0 Å². The molecule has 0 amide bonds. The quantitative estimate of drug-likeness (QED) is 0.0199. The average molecular weight is 924 g/mol. The van der Waals surface area contributed by atoms with Crippen molar-refractivity contribution in [1.29, 1.82) is 0 Å². The number of carbonyl (C=O) groups excluding carboxylic acids is 3. The summed E-state index contributed by atoms with van der Waals surface area (Å²) >= 11 is 0. The van der Waals surface area contributed by atoms with Gasteiger partial charge in [0.15, 0.2) is 6.10 Å². The molecule has 382 valence electrons. The maximum atomic E-state index is 12.8. The molecule has 0 heterocycles. The molecule has 1 atom stereocenters. The number of hydrogen-bond donors (Lipinski definition) is 0. The Morgan fingerprint density at radius 1 is 0.318 bits per heavy atom. The average Bonchev–Trinajstić information content (AvgIpc) is 3.31. The van der Waals surface area contributed by atoms with Gasteiger partial charge in [-0.3, -0.25) is 14.4 Å². The second-order valence-electron chi connectivity index (χ2n) is 18.9. The van der Waals surface area contributed by atoms with E-state index >= 15 is 0 Å². The van der Waals surface area contributed by atoms with Gasteiger partial charge < -0.3 is 14.2 Å². The lowest BCUT2D eigenvalue weighted by Crippen LogP contribution is -2.30. The Balaban J connectivity index is 4.44. The van der Waals surface area contributed by atoms with Crippen molar-refractivity contribution in [3.63, 3.8) is 0 Å². The molecule has 0 radical (unpaired) electrons. The SMILES string of the molecule is CCCCCCCC/C=C\C/C=C\CCC(=O)OCC(COC(=O)CCCCCCCCC/C=C\CCCCCCCCCC)OC(=O)CCCCC/C=C\C=C/CCCCCCCCC. The van der Waals surface area contributed by atoms with Crippen LogP contribution in [0, 0.1) is 0 Å². The van der Waals surface area contributed by atoms with Gasteiger partial charge in [-0.2, -0.15) is 0 Å². The van der Waals surface area contributed by atoms with Gasteiger partial charge in [0.1, 0.15) is 13.2 Å². The molecule has 0 fully saturated rings. The Labute approximate surface area is 409 Å². The molecule has 0 saturated heterocycles. The van der Waals surface area contributed by atoms with E-state index in [0.29, 0.717) is 12.8 Å². The number of esters is 3. The van der Waals surface area contributed by atoms with Crippen molar-refractivity contribution in [1.82, 2.24) is 0 Å². The van der Waals surface area contributed by atoms with E-state index in [1.807, 2.05) is 6.08 Å². The van der Waals surface area contributed by atoms with Crippen LogP contribution < -0.4 is 0 Å². The molecule has 0 N–H and O–H groups in total. The fraction of sp³-hybridized carbons (Fsp3) is 0.783. The lowest BCUT2D eigenvalue weighted by Gasteiger charge is -2.18. The third-order valence-electron chi connectivity index (χ3n) is 12.3. The molecule has 0 rings (SSSR count). The molecular formula is C60H106O6. The second-order valence-corrected chi connectivity index (χ2v) is 18.9. The summed E-state index contributed by atoms with van der Waals surface area (Å²) in [4.78, 5) is 38.0. The number of carbonyl (C=O) groups is 3. The third kappa shape index (κ3) is 52.1. The van der Waals surface area contributed by atoms with Crippen LogP contribution in [0.15, 0.2) is 60.8 Å². The molecule has 0 aromatic rings. The molecule has 0 aliphatic carbocycles. The van der Waals surface area contributed by atoms with E-state index in [-0.39, 0.29) is 44.0 Å². The van der Waals surface area contributed by atoms with E-state index < -0.39 is 6.10 Å². The summed E-state index contributed by atoms with van der Waals surface area (Å²) in [5, 5.41) is 0. The van der Waals surface area contributed by atoms with E-state index in [0.717, 1.165) is 64.2 Å². The highest BCUT2D eigenvalue weighted by Gasteiger charge is 2.19. The maximum Gasteiger partial charge on any atom is 0.306 e. The molecule has 0 aliphatic rings. The molecule has 0 saturated carbocycles. The first-order valence-electron chi connectivity index (χ1n) is 28.3. The molecule has 0 bridgehead atoms. The molecule has 1 unspecified atom stereocenters. The molecule has 0 spiro atoms. The van der Waals surface area contributed by atoms with Crippen LogP contribution in [-0.4, -0.2) is 37.2 Å². The highest BCUT2D eigenvalue weighted by atomic mass is 16.6. The van der Waals surface area contributed by atoms with Crippen molar-refractivity contribution in [3.05, 3.63) is 60.8 Å². The summed E-state index contributed by atoms with van der Waals surface area (Å²) in [5.41, 5.74) is 0. The van der Waals surface area contributed by atoms with E-state index in [4.69, 9.17) is 14.2 Å². The minimum Gasteiger partial charge on any atom is -0.462 e. The first kappa shape index (κ1) is 63.1. The highest BCUT2D eigenvalue weighted by Crippen LogP contribution is 2.14. The number of hydrogen-bond acceptors (Lipinski definition) is 6. The zero-order valence-electron chi connectivity index (χ0n) is 43.7. The predicted octanol–water partition coefficient (Wildman–Crippen LogP) is 18.8.